The second-order valence-corrected chi connectivity index (χ2v) is 17.9. The van der Waals surface area contributed by atoms with Crippen molar-refractivity contribution < 1.29 is 71.7 Å². The third-order valence-electron chi connectivity index (χ3n) is 11.0. The van der Waals surface area contributed by atoms with E-state index in [1.54, 1.807) is 55.8 Å². The predicted octanol–water partition coefficient (Wildman–Crippen LogP) is -1.12. The third-order valence-corrected chi connectivity index (χ3v) is 11.0. The van der Waals surface area contributed by atoms with Gasteiger partial charge in [-0.15, -0.1) is 0 Å². The van der Waals surface area contributed by atoms with Crippen molar-refractivity contribution in [3.05, 3.63) is 95.8 Å². The van der Waals surface area contributed by atoms with E-state index in [9.17, 15) is 67.3 Å². The van der Waals surface area contributed by atoms with Gasteiger partial charge >= 0.3 is 5.97 Å². The number of carboxylic acids is 1. The normalized spacial score (nSPS) is 13.8. The molecule has 25 heteroatoms. The smallest absolute Gasteiger partial charge is 0.305 e. The minimum Gasteiger partial charge on any atom is -0.481 e. The molecule has 2 heterocycles. The molecular weight excluding hydrogens is 963 g/mol. The van der Waals surface area contributed by atoms with Gasteiger partial charge in [-0.2, -0.15) is 0 Å². The fraction of sp³-hybridized carbons (Fsp3) is 0.396. The zero-order chi connectivity index (χ0) is 54.2. The first-order chi connectivity index (χ1) is 34.4. The van der Waals surface area contributed by atoms with Gasteiger partial charge in [0.05, 0.1) is 25.4 Å². The first-order valence-corrected chi connectivity index (χ1v) is 22.7. The first kappa shape index (κ1) is 57.2. The van der Waals surface area contributed by atoms with E-state index in [4.69, 9.17) is 5.73 Å². The average Bonchev–Trinajstić information content (AvgIpc) is 3.87. The van der Waals surface area contributed by atoms with Crippen LogP contribution in [0.2, 0.25) is 0 Å². The van der Waals surface area contributed by atoms with Crippen molar-refractivity contribution in [3.63, 3.8) is 0 Å². The molecule has 2 aromatic carbocycles. The number of hydrogen-bond acceptors (Lipinski definition) is 12. The van der Waals surface area contributed by atoms with Crippen LogP contribution in [0.5, 0.6) is 0 Å². The van der Waals surface area contributed by atoms with Gasteiger partial charge in [0, 0.05) is 68.3 Å². The summed E-state index contributed by atoms with van der Waals surface area (Å²) in [5.74, 6) is -12.3. The summed E-state index contributed by atoms with van der Waals surface area (Å²) in [6.45, 7) is 3.17. The van der Waals surface area contributed by atoms with Crippen molar-refractivity contribution in [2.45, 2.75) is 77.7 Å². The number of amides is 10. The lowest BCUT2D eigenvalue weighted by molar-refractivity contribution is -0.142. The number of primary amides is 1. The number of aliphatic carboxylic acids is 1. The van der Waals surface area contributed by atoms with E-state index < -0.39 is 152 Å². The topological polar surface area (TPSA) is 338 Å². The number of benzene rings is 2. The van der Waals surface area contributed by atoms with Crippen LogP contribution in [0.1, 0.15) is 64.3 Å². The standard InChI is InChI=1S/C48H58F2N10O13/c1-27(62)54-22-38(64)55-35(21-43(69)70)47(73)57-34(20-37(51)63)46(72)56-33(45(71)53-16-15-52-39(65)25-60-40(66)12-13-41(60)67)14-17-59(42(68)26-61)44(48(2,3)4)36-18-29(31-19-30(49)10-11-32(31)50)24-58(36)23-28-8-6-5-7-9-28/h5-13,18-19,24,33-35,44,61H,14-17,20-23,25-26H2,1-4H3,(H2,51,63)(H,52,65)(H,53,71)(H,54,62)(H,55,64)(H,56,72)(H,57,73)(H,69,70)/t33?,34?,35-,44?/m1/s1. The van der Waals surface area contributed by atoms with Crippen LogP contribution in [0.4, 0.5) is 8.78 Å². The highest BCUT2D eigenvalue weighted by atomic mass is 19.1. The largest absolute Gasteiger partial charge is 0.481 e. The quantitative estimate of drug-likeness (QED) is 0.0340. The number of imide groups is 1. The summed E-state index contributed by atoms with van der Waals surface area (Å²) in [6.07, 6.45) is 1.12. The van der Waals surface area contributed by atoms with E-state index in [0.29, 0.717) is 10.6 Å². The summed E-state index contributed by atoms with van der Waals surface area (Å²) in [7, 11) is 0. The molecule has 392 valence electrons. The lowest BCUT2D eigenvalue weighted by Gasteiger charge is -2.41. The Kier molecular flexibility index (Phi) is 20.5. The van der Waals surface area contributed by atoms with Gasteiger partial charge in [0.25, 0.3) is 11.8 Å². The van der Waals surface area contributed by atoms with Gasteiger partial charge in [0.15, 0.2) is 0 Å². The Morgan fingerprint density at radius 2 is 1.38 bits per heavy atom. The Morgan fingerprint density at radius 3 is 1.97 bits per heavy atom. The van der Waals surface area contributed by atoms with Gasteiger partial charge in [-0.1, -0.05) is 51.1 Å². The highest BCUT2D eigenvalue weighted by Crippen LogP contribution is 2.41. The number of aliphatic hydroxyl groups excluding tert-OH is 1. The molecule has 4 atom stereocenters. The molecule has 0 radical (unpaired) electrons. The first-order valence-electron chi connectivity index (χ1n) is 22.7. The van der Waals surface area contributed by atoms with Crippen molar-refractivity contribution in [3.8, 4) is 11.1 Å². The number of carbonyl (C=O) groups is 11. The van der Waals surface area contributed by atoms with E-state index in [2.05, 4.69) is 31.9 Å². The summed E-state index contributed by atoms with van der Waals surface area (Å²) in [6, 6.07) is 7.05. The van der Waals surface area contributed by atoms with Crippen LogP contribution in [-0.4, -0.2) is 147 Å². The predicted molar refractivity (Wildman–Crippen MR) is 253 cm³/mol. The maximum Gasteiger partial charge on any atom is 0.305 e. The Labute approximate surface area is 417 Å². The molecular formula is C48H58F2N10O13. The lowest BCUT2D eigenvalue weighted by atomic mass is 9.82. The highest BCUT2D eigenvalue weighted by molar-refractivity contribution is 6.14. The summed E-state index contributed by atoms with van der Waals surface area (Å²) >= 11 is 0. The molecule has 0 saturated carbocycles. The number of halogens is 2. The van der Waals surface area contributed by atoms with Crippen LogP contribution < -0.4 is 37.6 Å². The SMILES string of the molecule is CC(=O)NCC(=O)N[C@H](CC(=O)O)C(=O)NC(CC(N)=O)C(=O)NC(CCN(C(=O)CO)C(c1cc(-c2cc(F)ccc2F)cn1Cc1ccccc1)C(C)(C)C)C(=O)NCCNC(=O)CN1C(=O)C=CC1=O. The Morgan fingerprint density at radius 1 is 0.767 bits per heavy atom. The van der Waals surface area contributed by atoms with Gasteiger partial charge in [-0.25, -0.2) is 8.78 Å². The molecule has 0 fully saturated rings. The number of aliphatic hydroxyl groups is 1. The van der Waals surface area contributed by atoms with Gasteiger partial charge in [-0.3, -0.25) is 57.6 Å². The average molecular weight is 1020 g/mol. The Bertz CT molecular complexity index is 2600. The number of hydrogen-bond donors (Lipinski definition) is 9. The molecule has 73 heavy (non-hydrogen) atoms. The number of carbonyl (C=O) groups excluding carboxylic acids is 10. The summed E-state index contributed by atoms with van der Waals surface area (Å²) in [5.41, 5.74) is 5.80. The summed E-state index contributed by atoms with van der Waals surface area (Å²) < 4.78 is 31.6. The number of carboxylic acid groups (broad SMARTS) is 1. The second-order valence-electron chi connectivity index (χ2n) is 17.9. The van der Waals surface area contributed by atoms with Crippen LogP contribution in [0.3, 0.4) is 0 Å². The van der Waals surface area contributed by atoms with E-state index in [1.165, 1.54) is 4.90 Å². The van der Waals surface area contributed by atoms with Crippen LogP contribution in [-0.2, 0) is 59.3 Å². The molecule has 0 saturated heterocycles. The number of rotatable bonds is 26. The summed E-state index contributed by atoms with van der Waals surface area (Å²) in [4.78, 5) is 142. The fourth-order valence-electron chi connectivity index (χ4n) is 7.72. The minimum atomic E-state index is -1.92. The summed E-state index contributed by atoms with van der Waals surface area (Å²) in [5, 5.41) is 33.7. The number of nitrogens with zero attached hydrogens (tertiary/aromatic N) is 3. The van der Waals surface area contributed by atoms with Crippen molar-refractivity contribution in [2.75, 3.05) is 39.3 Å². The van der Waals surface area contributed by atoms with Crippen molar-refractivity contribution in [1.82, 2.24) is 46.3 Å². The Balaban J connectivity index is 1.71. The van der Waals surface area contributed by atoms with E-state index in [-0.39, 0.29) is 30.8 Å². The van der Waals surface area contributed by atoms with Crippen LogP contribution in [0.25, 0.3) is 11.1 Å². The van der Waals surface area contributed by atoms with Crippen LogP contribution in [0.15, 0.2) is 72.9 Å². The fourth-order valence-corrected chi connectivity index (χ4v) is 7.72. The van der Waals surface area contributed by atoms with E-state index >= 15 is 4.39 Å². The van der Waals surface area contributed by atoms with Crippen LogP contribution >= 0.6 is 0 Å². The zero-order valence-electron chi connectivity index (χ0n) is 40.4. The molecule has 1 aromatic heterocycles. The van der Waals surface area contributed by atoms with E-state index in [1.807, 2.05) is 12.1 Å². The zero-order valence-corrected chi connectivity index (χ0v) is 40.4. The number of nitrogens with one attached hydrogen (secondary N) is 6. The van der Waals surface area contributed by atoms with Gasteiger partial charge in [-0.05, 0) is 41.7 Å². The maximum atomic E-state index is 15.3. The number of nitrogens with two attached hydrogens (primary N) is 1. The van der Waals surface area contributed by atoms with Crippen LogP contribution in [0, 0.1) is 17.0 Å². The molecule has 1 aliphatic rings. The third kappa shape index (κ3) is 17.2. The Hall–Kier alpha value is -8.35. The minimum absolute atomic E-state index is 0.0920. The van der Waals surface area contributed by atoms with Crippen molar-refractivity contribution in [1.29, 1.82) is 0 Å². The lowest BCUT2D eigenvalue weighted by Crippen LogP contribution is -2.58. The number of aromatic nitrogens is 1. The molecule has 3 aromatic rings. The molecule has 0 aliphatic carbocycles. The molecule has 0 spiro atoms. The monoisotopic (exact) mass is 1020 g/mol. The second kappa shape index (κ2) is 26.2. The van der Waals surface area contributed by atoms with Crippen molar-refractivity contribution in [2.24, 2.45) is 11.1 Å². The van der Waals surface area contributed by atoms with Gasteiger partial charge in [0.2, 0.25) is 47.3 Å². The maximum absolute atomic E-state index is 15.3. The van der Waals surface area contributed by atoms with E-state index in [0.717, 1.165) is 42.8 Å². The van der Waals surface area contributed by atoms with Gasteiger partial charge < -0.3 is 57.3 Å². The molecule has 1 aliphatic heterocycles. The molecule has 10 amide bonds. The molecule has 23 nitrogen and oxygen atoms in total. The highest BCUT2D eigenvalue weighted by Gasteiger charge is 2.39. The molecule has 0 bridgehead atoms. The van der Waals surface area contributed by atoms with Gasteiger partial charge in [0.1, 0.15) is 42.9 Å². The molecule has 10 N–H and O–H groups in total. The molecule has 4 rings (SSSR count). The molecule has 3 unspecified atom stereocenters. The van der Waals surface area contributed by atoms with Crippen molar-refractivity contribution >= 4 is 65.0 Å².